The van der Waals surface area contributed by atoms with Gasteiger partial charge in [0.2, 0.25) is 0 Å². The van der Waals surface area contributed by atoms with Crippen LogP contribution < -0.4 is 5.73 Å². The number of likely N-dealkylation sites (N-methyl/N-ethyl adjacent to an activating group) is 1. The first-order valence-electron chi connectivity index (χ1n) is 6.86. The molecule has 0 aliphatic heterocycles. The van der Waals surface area contributed by atoms with Crippen molar-refractivity contribution in [2.24, 2.45) is 11.7 Å². The summed E-state index contributed by atoms with van der Waals surface area (Å²) in [5, 5.41) is 0. The quantitative estimate of drug-likeness (QED) is 0.775. The second kappa shape index (κ2) is 7.58. The first kappa shape index (κ1) is 16.1. The zero-order chi connectivity index (χ0) is 14.3. The lowest BCUT2D eigenvalue weighted by Gasteiger charge is -2.44. The molecule has 1 rings (SSSR count). The SMILES string of the molecule is COCC(CN)(C(C)C)N(C)CCc1ccncc1. The minimum atomic E-state index is -0.0955. The lowest BCUT2D eigenvalue weighted by atomic mass is 9.85. The molecule has 0 aliphatic carbocycles. The summed E-state index contributed by atoms with van der Waals surface area (Å²) >= 11 is 0. The molecule has 108 valence electrons. The molecule has 0 radical (unpaired) electrons. The predicted molar refractivity (Wildman–Crippen MR) is 79.1 cm³/mol. The van der Waals surface area contributed by atoms with Crippen molar-refractivity contribution < 1.29 is 4.74 Å². The van der Waals surface area contributed by atoms with E-state index in [0.717, 1.165) is 13.0 Å². The summed E-state index contributed by atoms with van der Waals surface area (Å²) in [6, 6.07) is 4.12. The number of hydrogen-bond donors (Lipinski definition) is 1. The zero-order valence-electron chi connectivity index (χ0n) is 12.6. The van der Waals surface area contributed by atoms with Crippen molar-refractivity contribution in [3.63, 3.8) is 0 Å². The van der Waals surface area contributed by atoms with E-state index in [1.165, 1.54) is 5.56 Å². The third kappa shape index (κ3) is 4.00. The van der Waals surface area contributed by atoms with Crippen LogP contribution >= 0.6 is 0 Å². The van der Waals surface area contributed by atoms with Crippen LogP contribution in [0.25, 0.3) is 0 Å². The zero-order valence-corrected chi connectivity index (χ0v) is 12.6. The molecular weight excluding hydrogens is 238 g/mol. The molecule has 1 heterocycles. The molecule has 0 spiro atoms. The van der Waals surface area contributed by atoms with Gasteiger partial charge < -0.3 is 10.5 Å². The maximum Gasteiger partial charge on any atom is 0.0661 e. The summed E-state index contributed by atoms with van der Waals surface area (Å²) in [4.78, 5) is 6.38. The summed E-state index contributed by atoms with van der Waals surface area (Å²) in [6.45, 7) is 6.63. The van der Waals surface area contributed by atoms with Gasteiger partial charge in [0, 0.05) is 32.6 Å². The molecule has 0 saturated heterocycles. The Kier molecular flexibility index (Phi) is 6.42. The standard InChI is InChI=1S/C15H27N3O/c1-13(2)15(11-16,12-19-4)18(3)10-7-14-5-8-17-9-6-14/h5-6,8-9,13H,7,10-12,16H2,1-4H3. The molecule has 1 aromatic heterocycles. The fraction of sp³-hybridized carbons (Fsp3) is 0.667. The number of nitrogens with zero attached hydrogens (tertiary/aromatic N) is 2. The molecule has 0 aliphatic rings. The Bertz CT molecular complexity index is 356. The molecule has 1 unspecified atom stereocenters. The van der Waals surface area contributed by atoms with Crippen molar-refractivity contribution >= 4 is 0 Å². The van der Waals surface area contributed by atoms with Gasteiger partial charge in [-0.15, -0.1) is 0 Å². The van der Waals surface area contributed by atoms with Gasteiger partial charge in [0.25, 0.3) is 0 Å². The second-order valence-electron chi connectivity index (χ2n) is 5.42. The highest BCUT2D eigenvalue weighted by atomic mass is 16.5. The number of nitrogens with two attached hydrogens (primary N) is 1. The number of pyridine rings is 1. The van der Waals surface area contributed by atoms with E-state index in [0.29, 0.717) is 19.1 Å². The summed E-state index contributed by atoms with van der Waals surface area (Å²) in [5.74, 6) is 0.444. The van der Waals surface area contributed by atoms with Gasteiger partial charge in [-0.25, -0.2) is 0 Å². The third-order valence-corrected chi connectivity index (χ3v) is 4.07. The van der Waals surface area contributed by atoms with E-state index in [1.54, 1.807) is 7.11 Å². The number of rotatable bonds is 8. The molecule has 0 fully saturated rings. The van der Waals surface area contributed by atoms with Crippen molar-refractivity contribution in [2.75, 3.05) is 33.9 Å². The van der Waals surface area contributed by atoms with Crippen LogP contribution in [0.2, 0.25) is 0 Å². The number of ether oxygens (including phenoxy) is 1. The lowest BCUT2D eigenvalue weighted by Crippen LogP contribution is -2.59. The third-order valence-electron chi connectivity index (χ3n) is 4.07. The highest BCUT2D eigenvalue weighted by molar-refractivity contribution is 5.10. The summed E-state index contributed by atoms with van der Waals surface area (Å²) in [7, 11) is 3.87. The van der Waals surface area contributed by atoms with Crippen LogP contribution in [-0.2, 0) is 11.2 Å². The van der Waals surface area contributed by atoms with Crippen LogP contribution in [-0.4, -0.2) is 49.3 Å². The Hall–Kier alpha value is -0.970. The Morgan fingerprint density at radius 2 is 2.00 bits per heavy atom. The van der Waals surface area contributed by atoms with Crippen molar-refractivity contribution in [3.05, 3.63) is 30.1 Å². The van der Waals surface area contributed by atoms with E-state index in [-0.39, 0.29) is 5.54 Å². The van der Waals surface area contributed by atoms with Gasteiger partial charge >= 0.3 is 0 Å². The van der Waals surface area contributed by atoms with Crippen LogP contribution in [0.5, 0.6) is 0 Å². The predicted octanol–water partition coefficient (Wildman–Crippen LogP) is 1.56. The average Bonchev–Trinajstić information content (AvgIpc) is 2.43. The van der Waals surface area contributed by atoms with Crippen LogP contribution in [0.4, 0.5) is 0 Å². The molecule has 2 N–H and O–H groups in total. The number of methoxy groups -OCH3 is 1. The van der Waals surface area contributed by atoms with Gasteiger partial charge in [-0.3, -0.25) is 9.88 Å². The van der Waals surface area contributed by atoms with Crippen LogP contribution in [0.15, 0.2) is 24.5 Å². The van der Waals surface area contributed by atoms with E-state index in [4.69, 9.17) is 10.5 Å². The summed E-state index contributed by atoms with van der Waals surface area (Å²) in [6.07, 6.45) is 4.67. The van der Waals surface area contributed by atoms with Gasteiger partial charge in [0.1, 0.15) is 0 Å². The fourth-order valence-electron chi connectivity index (χ4n) is 2.49. The van der Waals surface area contributed by atoms with E-state index in [2.05, 4.69) is 42.9 Å². The Balaban J connectivity index is 2.69. The van der Waals surface area contributed by atoms with E-state index >= 15 is 0 Å². The first-order chi connectivity index (χ1) is 9.06. The van der Waals surface area contributed by atoms with E-state index in [1.807, 2.05) is 12.4 Å². The maximum atomic E-state index is 6.03. The number of aromatic nitrogens is 1. The molecule has 0 bridgehead atoms. The van der Waals surface area contributed by atoms with E-state index < -0.39 is 0 Å². The van der Waals surface area contributed by atoms with Gasteiger partial charge in [-0.1, -0.05) is 13.8 Å². The lowest BCUT2D eigenvalue weighted by molar-refractivity contribution is -0.000379. The van der Waals surface area contributed by atoms with Crippen LogP contribution in [0.1, 0.15) is 19.4 Å². The molecule has 1 aromatic rings. The second-order valence-corrected chi connectivity index (χ2v) is 5.42. The van der Waals surface area contributed by atoms with Crippen molar-refractivity contribution in [1.82, 2.24) is 9.88 Å². The molecular formula is C15H27N3O. The molecule has 0 saturated carbocycles. The first-order valence-corrected chi connectivity index (χ1v) is 6.86. The average molecular weight is 265 g/mol. The monoisotopic (exact) mass is 265 g/mol. The minimum Gasteiger partial charge on any atom is -0.383 e. The topological polar surface area (TPSA) is 51.4 Å². The van der Waals surface area contributed by atoms with E-state index in [9.17, 15) is 0 Å². The van der Waals surface area contributed by atoms with Crippen LogP contribution in [0, 0.1) is 5.92 Å². The largest absolute Gasteiger partial charge is 0.383 e. The van der Waals surface area contributed by atoms with Crippen molar-refractivity contribution in [3.8, 4) is 0 Å². The Labute approximate surface area is 117 Å². The maximum absolute atomic E-state index is 6.03. The Morgan fingerprint density at radius 1 is 1.37 bits per heavy atom. The minimum absolute atomic E-state index is 0.0955. The van der Waals surface area contributed by atoms with Gasteiger partial charge in [-0.2, -0.15) is 0 Å². The molecule has 19 heavy (non-hydrogen) atoms. The fourth-order valence-corrected chi connectivity index (χ4v) is 2.49. The smallest absolute Gasteiger partial charge is 0.0661 e. The molecule has 4 heteroatoms. The van der Waals surface area contributed by atoms with Crippen molar-refractivity contribution in [1.29, 1.82) is 0 Å². The van der Waals surface area contributed by atoms with Crippen LogP contribution in [0.3, 0.4) is 0 Å². The molecule has 0 amide bonds. The highest BCUT2D eigenvalue weighted by Crippen LogP contribution is 2.23. The molecule has 4 nitrogen and oxygen atoms in total. The Morgan fingerprint density at radius 3 is 2.47 bits per heavy atom. The van der Waals surface area contributed by atoms with Gasteiger partial charge in [-0.05, 0) is 37.1 Å². The molecule has 0 aromatic carbocycles. The van der Waals surface area contributed by atoms with Gasteiger partial charge in [0.15, 0.2) is 0 Å². The summed E-state index contributed by atoms with van der Waals surface area (Å²) < 4.78 is 5.40. The van der Waals surface area contributed by atoms with Gasteiger partial charge in [0.05, 0.1) is 12.1 Å². The van der Waals surface area contributed by atoms with Crippen molar-refractivity contribution in [2.45, 2.75) is 25.8 Å². The summed E-state index contributed by atoms with van der Waals surface area (Å²) in [5.41, 5.74) is 7.24. The molecule has 1 atom stereocenters. The highest BCUT2D eigenvalue weighted by Gasteiger charge is 2.36. The normalized spacial score (nSPS) is 14.9. The number of hydrogen-bond acceptors (Lipinski definition) is 4.